The molecule has 1 aliphatic rings. The minimum absolute atomic E-state index is 0.205. The molecule has 15 heavy (non-hydrogen) atoms. The van der Waals surface area contributed by atoms with Crippen molar-refractivity contribution in [3.8, 4) is 0 Å². The zero-order valence-electron chi connectivity index (χ0n) is 10.6. The molecule has 1 fully saturated rings. The van der Waals surface area contributed by atoms with Gasteiger partial charge in [0.1, 0.15) is 0 Å². The molecule has 0 spiro atoms. The third kappa shape index (κ3) is 3.22. The van der Waals surface area contributed by atoms with Gasteiger partial charge in [0, 0.05) is 19.0 Å². The molecule has 0 aromatic rings. The highest BCUT2D eigenvalue weighted by atomic mass is 16.2. The Bertz CT molecular complexity index is 213. The van der Waals surface area contributed by atoms with E-state index in [1.165, 1.54) is 12.8 Å². The summed E-state index contributed by atoms with van der Waals surface area (Å²) < 4.78 is 0. The summed E-state index contributed by atoms with van der Waals surface area (Å²) in [7, 11) is 0. The monoisotopic (exact) mass is 211 g/mol. The van der Waals surface area contributed by atoms with Crippen LogP contribution in [0.25, 0.3) is 0 Å². The zero-order valence-corrected chi connectivity index (χ0v) is 10.6. The molecule has 2 nitrogen and oxygen atoms in total. The third-order valence-electron chi connectivity index (χ3n) is 3.75. The molecule has 0 aliphatic carbocycles. The average Bonchev–Trinajstić information content (AvgIpc) is 2.27. The normalized spacial score (nSPS) is 24.3. The van der Waals surface area contributed by atoms with Crippen LogP contribution in [-0.2, 0) is 4.79 Å². The quantitative estimate of drug-likeness (QED) is 0.703. The highest BCUT2D eigenvalue weighted by Crippen LogP contribution is 2.24. The third-order valence-corrected chi connectivity index (χ3v) is 3.75. The number of hydrogen-bond acceptors (Lipinski definition) is 1. The molecule has 0 aromatic carbocycles. The molecule has 0 bridgehead atoms. The van der Waals surface area contributed by atoms with Crippen LogP contribution in [0.5, 0.6) is 0 Å². The lowest BCUT2D eigenvalue weighted by atomic mass is 9.87. The molecule has 0 radical (unpaired) electrons. The van der Waals surface area contributed by atoms with Gasteiger partial charge in [0.25, 0.3) is 0 Å². The topological polar surface area (TPSA) is 20.3 Å². The predicted octanol–water partition coefficient (Wildman–Crippen LogP) is 2.93. The second kappa shape index (κ2) is 5.53. The van der Waals surface area contributed by atoms with Crippen LogP contribution in [0.15, 0.2) is 0 Å². The Labute approximate surface area is 94.0 Å². The maximum atomic E-state index is 12.0. The fourth-order valence-electron chi connectivity index (χ4n) is 2.24. The fourth-order valence-corrected chi connectivity index (χ4v) is 2.24. The number of carbonyl (C=O) groups is 1. The fraction of sp³-hybridized carbons (Fsp3) is 0.923. The first-order valence-electron chi connectivity index (χ1n) is 6.35. The van der Waals surface area contributed by atoms with Crippen LogP contribution in [-0.4, -0.2) is 23.9 Å². The molecule has 0 aromatic heterocycles. The van der Waals surface area contributed by atoms with Crippen LogP contribution in [0, 0.1) is 17.8 Å². The van der Waals surface area contributed by atoms with Crippen LogP contribution in [0.1, 0.15) is 47.0 Å². The molecule has 1 heterocycles. The Balaban J connectivity index is 2.52. The number of carbonyl (C=O) groups excluding carboxylic acids is 1. The molecule has 1 rings (SSSR count). The SMILES string of the molecule is CCC(C)C(=O)N1CCC[C@@H](C(C)C)C1. The van der Waals surface area contributed by atoms with Crippen molar-refractivity contribution in [1.29, 1.82) is 0 Å². The molecule has 1 saturated heterocycles. The summed E-state index contributed by atoms with van der Waals surface area (Å²) in [6, 6.07) is 0. The van der Waals surface area contributed by atoms with Crippen LogP contribution in [0.2, 0.25) is 0 Å². The lowest BCUT2D eigenvalue weighted by molar-refractivity contribution is -0.137. The molecule has 88 valence electrons. The number of rotatable bonds is 3. The van der Waals surface area contributed by atoms with Crippen LogP contribution in [0.4, 0.5) is 0 Å². The van der Waals surface area contributed by atoms with Gasteiger partial charge in [-0.25, -0.2) is 0 Å². The highest BCUT2D eigenvalue weighted by Gasteiger charge is 2.27. The first-order valence-corrected chi connectivity index (χ1v) is 6.35. The van der Waals surface area contributed by atoms with Gasteiger partial charge in [0.05, 0.1) is 0 Å². The molecule has 0 N–H and O–H groups in total. The van der Waals surface area contributed by atoms with E-state index < -0.39 is 0 Å². The standard InChI is InChI=1S/C13H25NO/c1-5-11(4)13(15)14-8-6-7-12(9-14)10(2)3/h10-12H,5-9H2,1-4H3/t11?,12-/m1/s1. The van der Waals surface area contributed by atoms with Crippen molar-refractivity contribution in [1.82, 2.24) is 4.90 Å². The predicted molar refractivity (Wildman–Crippen MR) is 63.6 cm³/mol. The number of amides is 1. The van der Waals surface area contributed by atoms with Gasteiger partial charge in [0.15, 0.2) is 0 Å². The summed E-state index contributed by atoms with van der Waals surface area (Å²) in [5.74, 6) is 1.99. The van der Waals surface area contributed by atoms with Crippen molar-refractivity contribution < 1.29 is 4.79 Å². The van der Waals surface area contributed by atoms with Crippen LogP contribution < -0.4 is 0 Å². The van der Waals surface area contributed by atoms with Crippen LogP contribution in [0.3, 0.4) is 0 Å². The number of nitrogens with zero attached hydrogens (tertiary/aromatic N) is 1. The summed E-state index contributed by atoms with van der Waals surface area (Å²) >= 11 is 0. The van der Waals surface area contributed by atoms with E-state index in [9.17, 15) is 4.79 Å². The summed E-state index contributed by atoms with van der Waals surface area (Å²) in [6.45, 7) is 10.6. The molecule has 0 saturated carbocycles. The van der Waals surface area contributed by atoms with E-state index in [0.717, 1.165) is 19.5 Å². The molecule has 1 amide bonds. The molecule has 2 heteroatoms. The molecule has 1 aliphatic heterocycles. The maximum absolute atomic E-state index is 12.0. The van der Waals surface area contributed by atoms with E-state index in [4.69, 9.17) is 0 Å². The second-order valence-electron chi connectivity index (χ2n) is 5.24. The molecule has 1 unspecified atom stereocenters. The Kier molecular flexibility index (Phi) is 4.62. The minimum atomic E-state index is 0.205. The molecular weight excluding hydrogens is 186 g/mol. The summed E-state index contributed by atoms with van der Waals surface area (Å²) in [5, 5.41) is 0. The van der Waals surface area contributed by atoms with E-state index in [-0.39, 0.29) is 5.92 Å². The van der Waals surface area contributed by atoms with Gasteiger partial charge in [-0.1, -0.05) is 27.7 Å². The summed E-state index contributed by atoms with van der Waals surface area (Å²) in [6.07, 6.45) is 3.44. The zero-order chi connectivity index (χ0) is 11.4. The Hall–Kier alpha value is -0.530. The lowest BCUT2D eigenvalue weighted by Crippen LogP contribution is -2.43. The summed E-state index contributed by atoms with van der Waals surface area (Å²) in [4.78, 5) is 14.1. The van der Waals surface area contributed by atoms with Gasteiger partial charge in [-0.15, -0.1) is 0 Å². The molecule has 2 atom stereocenters. The Morgan fingerprint density at radius 2 is 2.07 bits per heavy atom. The van der Waals surface area contributed by atoms with Gasteiger partial charge in [0.2, 0.25) is 5.91 Å². The average molecular weight is 211 g/mol. The Morgan fingerprint density at radius 1 is 1.40 bits per heavy atom. The van der Waals surface area contributed by atoms with E-state index in [2.05, 4.69) is 25.7 Å². The van der Waals surface area contributed by atoms with Gasteiger partial charge < -0.3 is 4.90 Å². The van der Waals surface area contributed by atoms with Gasteiger partial charge in [-0.3, -0.25) is 4.79 Å². The second-order valence-corrected chi connectivity index (χ2v) is 5.24. The first-order chi connectivity index (χ1) is 7.06. The van der Waals surface area contributed by atoms with Gasteiger partial charge in [-0.2, -0.15) is 0 Å². The minimum Gasteiger partial charge on any atom is -0.342 e. The Morgan fingerprint density at radius 3 is 2.60 bits per heavy atom. The lowest BCUT2D eigenvalue weighted by Gasteiger charge is -2.36. The molecular formula is C13H25NO. The largest absolute Gasteiger partial charge is 0.342 e. The van der Waals surface area contributed by atoms with Crippen molar-refractivity contribution in [2.24, 2.45) is 17.8 Å². The van der Waals surface area contributed by atoms with E-state index in [1.807, 2.05) is 6.92 Å². The van der Waals surface area contributed by atoms with Gasteiger partial charge in [-0.05, 0) is 31.1 Å². The number of piperidine rings is 1. The van der Waals surface area contributed by atoms with Crippen molar-refractivity contribution in [3.05, 3.63) is 0 Å². The smallest absolute Gasteiger partial charge is 0.225 e. The maximum Gasteiger partial charge on any atom is 0.225 e. The van der Waals surface area contributed by atoms with E-state index >= 15 is 0 Å². The van der Waals surface area contributed by atoms with Crippen molar-refractivity contribution in [2.75, 3.05) is 13.1 Å². The number of likely N-dealkylation sites (tertiary alicyclic amines) is 1. The van der Waals surface area contributed by atoms with Gasteiger partial charge >= 0.3 is 0 Å². The number of hydrogen-bond donors (Lipinski definition) is 0. The van der Waals surface area contributed by atoms with Crippen molar-refractivity contribution in [3.63, 3.8) is 0 Å². The highest BCUT2D eigenvalue weighted by molar-refractivity contribution is 5.78. The van der Waals surface area contributed by atoms with Crippen molar-refractivity contribution in [2.45, 2.75) is 47.0 Å². The first kappa shape index (κ1) is 12.5. The van der Waals surface area contributed by atoms with E-state index in [0.29, 0.717) is 17.7 Å². The summed E-state index contributed by atoms with van der Waals surface area (Å²) in [5.41, 5.74) is 0. The van der Waals surface area contributed by atoms with Crippen molar-refractivity contribution >= 4 is 5.91 Å². The van der Waals surface area contributed by atoms with E-state index in [1.54, 1.807) is 0 Å². The van der Waals surface area contributed by atoms with Crippen LogP contribution >= 0.6 is 0 Å².